The third-order valence-electron chi connectivity index (χ3n) is 1.97. The fourth-order valence-electron chi connectivity index (χ4n) is 1.22. The van der Waals surface area contributed by atoms with Crippen LogP contribution in [0.2, 0.25) is 10.0 Å². The molecule has 4 heteroatoms. The lowest BCUT2D eigenvalue weighted by atomic mass is 10.1. The maximum atomic E-state index is 11.5. The van der Waals surface area contributed by atoms with Crippen LogP contribution in [-0.4, -0.2) is 18.9 Å². The Morgan fingerprint density at radius 2 is 2.13 bits per heavy atom. The summed E-state index contributed by atoms with van der Waals surface area (Å²) in [7, 11) is 0. The first-order valence-electron chi connectivity index (χ1n) is 4.79. The van der Waals surface area contributed by atoms with E-state index < -0.39 is 0 Å². The van der Waals surface area contributed by atoms with E-state index in [1.54, 1.807) is 18.2 Å². The fourth-order valence-corrected chi connectivity index (χ4v) is 1.60. The summed E-state index contributed by atoms with van der Waals surface area (Å²) in [6, 6.07) is 5.15. The molecule has 0 aliphatic carbocycles. The van der Waals surface area contributed by atoms with Crippen molar-refractivity contribution in [3.05, 3.63) is 33.8 Å². The topological polar surface area (TPSA) is 29.1 Å². The van der Waals surface area contributed by atoms with Crippen molar-refractivity contribution >= 4 is 29.0 Å². The molecular formula is C11H13Cl2NO. The third-order valence-corrected chi connectivity index (χ3v) is 2.57. The maximum Gasteiger partial charge on any atom is 0.151 e. The number of ketones is 1. The van der Waals surface area contributed by atoms with Gasteiger partial charge in [0.05, 0.1) is 6.54 Å². The Morgan fingerprint density at radius 3 is 2.80 bits per heavy atom. The Hall–Kier alpha value is -0.570. The molecular weight excluding hydrogens is 233 g/mol. The van der Waals surface area contributed by atoms with Crippen molar-refractivity contribution in [2.24, 2.45) is 0 Å². The first kappa shape index (κ1) is 12.5. The maximum absolute atomic E-state index is 11.5. The number of hydrogen-bond donors (Lipinski definition) is 1. The van der Waals surface area contributed by atoms with Crippen LogP contribution in [0.3, 0.4) is 0 Å². The molecule has 0 saturated heterocycles. The van der Waals surface area contributed by atoms with Crippen LogP contribution < -0.4 is 5.32 Å². The Bertz CT molecular complexity index is 352. The summed E-state index contributed by atoms with van der Waals surface area (Å²) in [5, 5.41) is 4.17. The average molecular weight is 246 g/mol. The molecule has 1 rings (SSSR count). The number of halogens is 2. The SMILES string of the molecule is CCNCC(=O)Cc1cc(Cl)ccc1Cl. The second kappa shape index (κ2) is 6.11. The number of nitrogens with one attached hydrogen (secondary N) is 1. The van der Waals surface area contributed by atoms with Crippen LogP contribution in [0.15, 0.2) is 18.2 Å². The zero-order valence-electron chi connectivity index (χ0n) is 8.52. The quantitative estimate of drug-likeness (QED) is 0.865. The molecule has 1 aromatic rings. The number of carbonyl (C=O) groups is 1. The van der Waals surface area contributed by atoms with Gasteiger partial charge in [-0.2, -0.15) is 0 Å². The van der Waals surface area contributed by atoms with Gasteiger partial charge in [0.1, 0.15) is 0 Å². The van der Waals surface area contributed by atoms with Crippen LogP contribution >= 0.6 is 23.2 Å². The largest absolute Gasteiger partial charge is 0.310 e. The summed E-state index contributed by atoms with van der Waals surface area (Å²) in [4.78, 5) is 11.5. The van der Waals surface area contributed by atoms with Gasteiger partial charge in [0.25, 0.3) is 0 Å². The molecule has 1 aromatic carbocycles. The molecule has 0 aromatic heterocycles. The van der Waals surface area contributed by atoms with E-state index in [2.05, 4.69) is 5.32 Å². The molecule has 0 radical (unpaired) electrons. The van der Waals surface area contributed by atoms with Gasteiger partial charge in [-0.15, -0.1) is 0 Å². The monoisotopic (exact) mass is 245 g/mol. The number of likely N-dealkylation sites (N-methyl/N-ethyl adjacent to an activating group) is 1. The molecule has 15 heavy (non-hydrogen) atoms. The highest BCUT2D eigenvalue weighted by atomic mass is 35.5. The lowest BCUT2D eigenvalue weighted by Gasteiger charge is -2.04. The van der Waals surface area contributed by atoms with Crippen LogP contribution in [-0.2, 0) is 11.2 Å². The van der Waals surface area contributed by atoms with Crippen molar-refractivity contribution in [2.75, 3.05) is 13.1 Å². The van der Waals surface area contributed by atoms with Gasteiger partial charge in [-0.3, -0.25) is 4.79 Å². The summed E-state index contributed by atoms with van der Waals surface area (Å²) in [5.41, 5.74) is 0.784. The van der Waals surface area contributed by atoms with Crippen molar-refractivity contribution in [3.8, 4) is 0 Å². The number of Topliss-reactive ketones (excluding diaryl/α,β-unsaturated/α-hetero) is 1. The summed E-state index contributed by atoms with van der Waals surface area (Å²) in [6.07, 6.45) is 0.326. The first-order chi connectivity index (χ1) is 7.13. The molecule has 1 N–H and O–H groups in total. The lowest BCUT2D eigenvalue weighted by Crippen LogP contribution is -2.23. The van der Waals surface area contributed by atoms with Gasteiger partial charge in [0.2, 0.25) is 0 Å². The Morgan fingerprint density at radius 1 is 1.40 bits per heavy atom. The summed E-state index contributed by atoms with van der Waals surface area (Å²) < 4.78 is 0. The van der Waals surface area contributed by atoms with Crippen molar-refractivity contribution in [2.45, 2.75) is 13.3 Å². The molecule has 0 spiro atoms. The van der Waals surface area contributed by atoms with Crippen LogP contribution in [0.4, 0.5) is 0 Å². The predicted molar refractivity (Wildman–Crippen MR) is 63.7 cm³/mol. The fraction of sp³-hybridized carbons (Fsp3) is 0.364. The van der Waals surface area contributed by atoms with E-state index in [1.165, 1.54) is 0 Å². The highest BCUT2D eigenvalue weighted by Gasteiger charge is 2.07. The molecule has 0 aliphatic heterocycles. The average Bonchev–Trinajstić information content (AvgIpc) is 2.20. The molecule has 0 unspecified atom stereocenters. The number of hydrogen-bond acceptors (Lipinski definition) is 2. The van der Waals surface area contributed by atoms with E-state index in [0.29, 0.717) is 23.0 Å². The van der Waals surface area contributed by atoms with E-state index in [-0.39, 0.29) is 5.78 Å². The number of benzene rings is 1. The molecule has 0 amide bonds. The normalized spacial score (nSPS) is 10.3. The van der Waals surface area contributed by atoms with Gasteiger partial charge in [-0.05, 0) is 30.3 Å². The van der Waals surface area contributed by atoms with Gasteiger partial charge in [-0.1, -0.05) is 30.1 Å². The molecule has 2 nitrogen and oxygen atoms in total. The summed E-state index contributed by atoms with van der Waals surface area (Å²) in [5.74, 6) is 0.112. The molecule has 82 valence electrons. The van der Waals surface area contributed by atoms with Crippen molar-refractivity contribution in [1.29, 1.82) is 0 Å². The highest BCUT2D eigenvalue weighted by molar-refractivity contribution is 6.33. The highest BCUT2D eigenvalue weighted by Crippen LogP contribution is 2.21. The van der Waals surface area contributed by atoms with Crippen LogP contribution in [0.25, 0.3) is 0 Å². The van der Waals surface area contributed by atoms with E-state index >= 15 is 0 Å². The number of carbonyl (C=O) groups excluding carboxylic acids is 1. The molecule has 0 heterocycles. The van der Waals surface area contributed by atoms with E-state index in [4.69, 9.17) is 23.2 Å². The lowest BCUT2D eigenvalue weighted by molar-refractivity contribution is -0.117. The molecule has 0 saturated carbocycles. The van der Waals surface area contributed by atoms with Gasteiger partial charge in [0, 0.05) is 16.5 Å². The van der Waals surface area contributed by atoms with Crippen LogP contribution in [0, 0.1) is 0 Å². The van der Waals surface area contributed by atoms with Crippen molar-refractivity contribution in [3.63, 3.8) is 0 Å². The Balaban J connectivity index is 2.63. The molecule has 0 aliphatic rings. The van der Waals surface area contributed by atoms with E-state index in [1.807, 2.05) is 6.92 Å². The predicted octanol–water partition coefficient (Wildman–Crippen LogP) is 2.71. The van der Waals surface area contributed by atoms with Gasteiger partial charge in [-0.25, -0.2) is 0 Å². The first-order valence-corrected chi connectivity index (χ1v) is 5.55. The second-order valence-corrected chi connectivity index (χ2v) is 4.08. The van der Waals surface area contributed by atoms with Gasteiger partial charge < -0.3 is 5.32 Å². The number of rotatable bonds is 5. The standard InChI is InChI=1S/C11H13Cl2NO/c1-2-14-7-10(15)6-8-5-9(12)3-4-11(8)13/h3-5,14H,2,6-7H2,1H3. The van der Waals surface area contributed by atoms with E-state index in [9.17, 15) is 4.79 Å². The van der Waals surface area contributed by atoms with E-state index in [0.717, 1.165) is 12.1 Å². The summed E-state index contributed by atoms with van der Waals surface area (Å²) >= 11 is 11.8. The Kier molecular flexibility index (Phi) is 5.09. The minimum Gasteiger partial charge on any atom is -0.310 e. The van der Waals surface area contributed by atoms with Crippen LogP contribution in [0.1, 0.15) is 12.5 Å². The van der Waals surface area contributed by atoms with Crippen molar-refractivity contribution in [1.82, 2.24) is 5.32 Å². The smallest absolute Gasteiger partial charge is 0.151 e. The zero-order valence-corrected chi connectivity index (χ0v) is 10.0. The Labute approximate surface area is 99.6 Å². The van der Waals surface area contributed by atoms with Gasteiger partial charge in [0.15, 0.2) is 5.78 Å². The van der Waals surface area contributed by atoms with Gasteiger partial charge >= 0.3 is 0 Å². The second-order valence-electron chi connectivity index (χ2n) is 3.23. The van der Waals surface area contributed by atoms with Crippen LogP contribution in [0.5, 0.6) is 0 Å². The minimum absolute atomic E-state index is 0.112. The molecule has 0 bridgehead atoms. The molecule has 0 fully saturated rings. The minimum atomic E-state index is 0.112. The zero-order chi connectivity index (χ0) is 11.3. The van der Waals surface area contributed by atoms with Crippen molar-refractivity contribution < 1.29 is 4.79 Å². The third kappa shape index (κ3) is 4.20. The summed E-state index contributed by atoms with van der Waals surface area (Å²) in [6.45, 7) is 3.12. The molecule has 0 atom stereocenters.